The van der Waals surface area contributed by atoms with E-state index in [1.54, 1.807) is 0 Å². The maximum atomic E-state index is 12.8. The number of carbonyl (C=O) groups excluding carboxylic acids is 3. The van der Waals surface area contributed by atoms with Crippen LogP contribution in [-0.2, 0) is 28.6 Å². The Balaban J connectivity index is 4.27. The van der Waals surface area contributed by atoms with E-state index in [1.807, 2.05) is 0 Å². The maximum Gasteiger partial charge on any atom is 0.306 e. The van der Waals surface area contributed by atoms with Gasteiger partial charge < -0.3 is 14.2 Å². The van der Waals surface area contributed by atoms with E-state index in [2.05, 4.69) is 154 Å². The summed E-state index contributed by atoms with van der Waals surface area (Å²) in [7, 11) is 0. The molecule has 0 aliphatic carbocycles. The number of allylic oxidation sites excluding steroid dienone is 22. The third kappa shape index (κ3) is 58.3. The topological polar surface area (TPSA) is 78.9 Å². The molecule has 0 amide bonds. The summed E-state index contributed by atoms with van der Waals surface area (Å²) in [5, 5.41) is 0. The van der Waals surface area contributed by atoms with Gasteiger partial charge in [0.2, 0.25) is 0 Å². The standard InChI is InChI=1S/C67H108O6/c1-4-7-10-13-16-19-21-23-25-26-27-28-29-30-31-32-33-34-35-36-37-38-39-40-42-43-45-48-51-54-57-60-66(69)72-63-64(62-71-65(68)59-56-53-50-47-18-15-12-9-6-3)73-67(70)61-58-55-52-49-46-44-41-24-22-20-17-14-11-8-5-2/h7-8,10-11,16-17,19-20,23-25,27-28,30-31,33-34,36-37,39-41,64H,4-6,9,12-15,18,21-22,26,29,32,35,38,42-63H2,1-3H3/b10-7-,11-8-,19-16-,20-17-,25-23-,28-27-,31-30-,34-33-,37-36-,40-39-,41-24-. The van der Waals surface area contributed by atoms with Crippen molar-refractivity contribution in [3.63, 3.8) is 0 Å². The van der Waals surface area contributed by atoms with Gasteiger partial charge in [0.25, 0.3) is 0 Å². The fourth-order valence-corrected chi connectivity index (χ4v) is 7.77. The van der Waals surface area contributed by atoms with Gasteiger partial charge in [-0.15, -0.1) is 0 Å². The summed E-state index contributed by atoms with van der Waals surface area (Å²) >= 11 is 0. The van der Waals surface area contributed by atoms with Crippen molar-refractivity contribution in [2.45, 2.75) is 258 Å². The molecule has 0 heterocycles. The molecule has 73 heavy (non-hydrogen) atoms. The maximum absolute atomic E-state index is 12.8. The molecule has 0 aromatic rings. The minimum absolute atomic E-state index is 0.0918. The smallest absolute Gasteiger partial charge is 0.306 e. The highest BCUT2D eigenvalue weighted by molar-refractivity contribution is 5.71. The Morgan fingerprint density at radius 2 is 0.534 bits per heavy atom. The van der Waals surface area contributed by atoms with E-state index in [1.165, 1.54) is 51.4 Å². The van der Waals surface area contributed by atoms with Crippen LogP contribution in [0.1, 0.15) is 252 Å². The van der Waals surface area contributed by atoms with Gasteiger partial charge in [-0.05, 0) is 116 Å². The monoisotopic (exact) mass is 1010 g/mol. The molecule has 0 aromatic heterocycles. The third-order valence-electron chi connectivity index (χ3n) is 12.2. The number of hydrogen-bond donors (Lipinski definition) is 0. The Morgan fingerprint density at radius 3 is 0.836 bits per heavy atom. The third-order valence-corrected chi connectivity index (χ3v) is 12.2. The van der Waals surface area contributed by atoms with Gasteiger partial charge in [0.05, 0.1) is 0 Å². The van der Waals surface area contributed by atoms with Crippen LogP contribution < -0.4 is 0 Å². The van der Waals surface area contributed by atoms with E-state index < -0.39 is 6.10 Å². The van der Waals surface area contributed by atoms with Crippen molar-refractivity contribution < 1.29 is 28.6 Å². The van der Waals surface area contributed by atoms with Crippen molar-refractivity contribution >= 4 is 17.9 Å². The Bertz CT molecular complexity index is 1580. The number of carbonyl (C=O) groups is 3. The predicted molar refractivity (Wildman–Crippen MR) is 316 cm³/mol. The molecule has 0 N–H and O–H groups in total. The summed E-state index contributed by atoms with van der Waals surface area (Å²) in [4.78, 5) is 38.0. The van der Waals surface area contributed by atoms with Crippen LogP contribution in [0.4, 0.5) is 0 Å². The zero-order valence-corrected chi connectivity index (χ0v) is 47.1. The molecule has 0 saturated carbocycles. The number of unbranched alkanes of at least 4 members (excludes halogenated alkanes) is 19. The van der Waals surface area contributed by atoms with Gasteiger partial charge in [-0.3, -0.25) is 14.4 Å². The second kappa shape index (κ2) is 60.1. The molecular weight excluding hydrogens is 901 g/mol. The van der Waals surface area contributed by atoms with Gasteiger partial charge in [0, 0.05) is 19.3 Å². The summed E-state index contributed by atoms with van der Waals surface area (Å²) < 4.78 is 16.8. The van der Waals surface area contributed by atoms with E-state index in [4.69, 9.17) is 14.2 Å². The molecular formula is C67H108O6. The molecule has 0 aromatic carbocycles. The molecule has 1 unspecified atom stereocenters. The SMILES string of the molecule is CC/C=C\C/C=C\C/C=C\C/C=C\C/C=C\C/C=C\C/C=C\C/C=C\CCCCCCCCC(=O)OCC(COC(=O)CCCCCCCCCCC)OC(=O)CCCCCCC/C=C\C/C=C\C/C=C\CC. The summed E-state index contributed by atoms with van der Waals surface area (Å²) in [5.74, 6) is -0.931. The summed E-state index contributed by atoms with van der Waals surface area (Å²) in [6.45, 7) is 6.36. The van der Waals surface area contributed by atoms with Gasteiger partial charge in [-0.25, -0.2) is 0 Å². The average Bonchev–Trinajstić information content (AvgIpc) is 3.39. The Morgan fingerprint density at radius 1 is 0.288 bits per heavy atom. The molecule has 0 saturated heterocycles. The average molecular weight is 1010 g/mol. The fraction of sp³-hybridized carbons (Fsp3) is 0.627. The molecule has 6 heteroatoms. The second-order valence-electron chi connectivity index (χ2n) is 19.1. The van der Waals surface area contributed by atoms with Crippen LogP contribution >= 0.6 is 0 Å². The first-order valence-corrected chi connectivity index (χ1v) is 29.7. The first-order valence-electron chi connectivity index (χ1n) is 29.7. The lowest BCUT2D eigenvalue weighted by molar-refractivity contribution is -0.167. The Labute approximate surface area is 449 Å². The first kappa shape index (κ1) is 68.6. The van der Waals surface area contributed by atoms with Crippen molar-refractivity contribution in [1.82, 2.24) is 0 Å². The van der Waals surface area contributed by atoms with Crippen molar-refractivity contribution in [3.8, 4) is 0 Å². The molecule has 0 bridgehead atoms. The normalized spacial score (nSPS) is 13.1. The van der Waals surface area contributed by atoms with Gasteiger partial charge >= 0.3 is 17.9 Å². The van der Waals surface area contributed by atoms with Crippen LogP contribution in [0.3, 0.4) is 0 Å². The molecule has 6 nitrogen and oxygen atoms in total. The largest absolute Gasteiger partial charge is 0.462 e. The van der Waals surface area contributed by atoms with Crippen molar-refractivity contribution in [2.24, 2.45) is 0 Å². The summed E-state index contributed by atoms with van der Waals surface area (Å²) in [6.07, 6.45) is 84.6. The fourth-order valence-electron chi connectivity index (χ4n) is 7.77. The number of esters is 3. The molecule has 0 fully saturated rings. The molecule has 412 valence electrons. The highest BCUT2D eigenvalue weighted by Gasteiger charge is 2.19. The molecule has 1 atom stereocenters. The van der Waals surface area contributed by atoms with Crippen molar-refractivity contribution in [2.75, 3.05) is 13.2 Å². The van der Waals surface area contributed by atoms with E-state index in [0.29, 0.717) is 19.3 Å². The lowest BCUT2D eigenvalue weighted by Gasteiger charge is -2.18. The predicted octanol–water partition coefficient (Wildman–Crippen LogP) is 20.2. The van der Waals surface area contributed by atoms with E-state index in [9.17, 15) is 14.4 Å². The minimum Gasteiger partial charge on any atom is -0.462 e. The van der Waals surface area contributed by atoms with Crippen LogP contribution in [0.5, 0.6) is 0 Å². The molecule has 0 radical (unpaired) electrons. The van der Waals surface area contributed by atoms with Crippen LogP contribution in [-0.4, -0.2) is 37.2 Å². The van der Waals surface area contributed by atoms with E-state index in [-0.39, 0.29) is 31.1 Å². The van der Waals surface area contributed by atoms with E-state index in [0.717, 1.165) is 161 Å². The Kier molecular flexibility index (Phi) is 56.4. The lowest BCUT2D eigenvalue weighted by atomic mass is 10.1. The highest BCUT2D eigenvalue weighted by atomic mass is 16.6. The summed E-state index contributed by atoms with van der Waals surface area (Å²) in [6, 6.07) is 0. The van der Waals surface area contributed by atoms with Crippen molar-refractivity contribution in [1.29, 1.82) is 0 Å². The van der Waals surface area contributed by atoms with Crippen LogP contribution in [0.15, 0.2) is 134 Å². The number of ether oxygens (including phenoxy) is 3. The highest BCUT2D eigenvalue weighted by Crippen LogP contribution is 2.14. The van der Waals surface area contributed by atoms with Gasteiger partial charge in [-0.1, -0.05) is 251 Å². The van der Waals surface area contributed by atoms with Crippen LogP contribution in [0.2, 0.25) is 0 Å². The first-order chi connectivity index (χ1) is 36.0. The number of rotatable bonds is 52. The lowest BCUT2D eigenvalue weighted by Crippen LogP contribution is -2.30. The van der Waals surface area contributed by atoms with Gasteiger partial charge in [0.15, 0.2) is 6.10 Å². The van der Waals surface area contributed by atoms with E-state index >= 15 is 0 Å². The Hall–Kier alpha value is -4.45. The molecule has 0 spiro atoms. The summed E-state index contributed by atoms with van der Waals surface area (Å²) in [5.41, 5.74) is 0. The number of hydrogen-bond acceptors (Lipinski definition) is 6. The van der Waals surface area contributed by atoms with Gasteiger partial charge in [-0.2, -0.15) is 0 Å². The zero-order valence-electron chi connectivity index (χ0n) is 47.1. The van der Waals surface area contributed by atoms with Crippen LogP contribution in [0, 0.1) is 0 Å². The van der Waals surface area contributed by atoms with Crippen molar-refractivity contribution in [3.05, 3.63) is 134 Å². The quantitative estimate of drug-likeness (QED) is 0.0261. The minimum atomic E-state index is -0.795. The zero-order chi connectivity index (χ0) is 52.9. The molecule has 0 aliphatic rings. The molecule has 0 rings (SSSR count). The van der Waals surface area contributed by atoms with Gasteiger partial charge in [0.1, 0.15) is 13.2 Å². The second-order valence-corrected chi connectivity index (χ2v) is 19.1. The molecule has 0 aliphatic heterocycles. The van der Waals surface area contributed by atoms with Crippen LogP contribution in [0.25, 0.3) is 0 Å².